The molecular weight excluding hydrogens is 421 g/mol. The van der Waals surface area contributed by atoms with Crippen LogP contribution >= 0.6 is 11.8 Å². The number of benzene rings is 1. The van der Waals surface area contributed by atoms with Crippen molar-refractivity contribution in [3.05, 3.63) is 40.6 Å². The fraction of sp³-hybridized carbons (Fsp3) is 0.455. The van der Waals surface area contributed by atoms with Gasteiger partial charge < -0.3 is 10.2 Å². The first-order chi connectivity index (χ1) is 14.9. The second-order valence-electron chi connectivity index (χ2n) is 7.60. The Labute approximate surface area is 185 Å². The highest BCUT2D eigenvalue weighted by molar-refractivity contribution is 8.18. The number of thioether (sulfide) groups is 1. The Balaban J connectivity index is 1.50. The van der Waals surface area contributed by atoms with Crippen LogP contribution in [0, 0.1) is 11.7 Å². The number of hydrogen-bond donors (Lipinski definition) is 1. The third kappa shape index (κ3) is 5.94. The van der Waals surface area contributed by atoms with E-state index in [1.807, 2.05) is 6.92 Å². The molecule has 2 fully saturated rings. The Hall–Kier alpha value is -2.68. The zero-order valence-corrected chi connectivity index (χ0v) is 18.3. The lowest BCUT2D eigenvalue weighted by atomic mass is 9.96. The molecule has 0 aliphatic carbocycles. The van der Waals surface area contributed by atoms with Gasteiger partial charge in [-0.05, 0) is 54.8 Å². The van der Waals surface area contributed by atoms with Gasteiger partial charge in [-0.15, -0.1) is 0 Å². The van der Waals surface area contributed by atoms with Gasteiger partial charge in [-0.3, -0.25) is 24.1 Å². The van der Waals surface area contributed by atoms with Gasteiger partial charge in [0.15, 0.2) is 0 Å². The van der Waals surface area contributed by atoms with Crippen molar-refractivity contribution in [2.45, 2.75) is 32.6 Å². The zero-order valence-electron chi connectivity index (χ0n) is 17.4. The van der Waals surface area contributed by atoms with Crippen molar-refractivity contribution >= 4 is 40.8 Å². The van der Waals surface area contributed by atoms with Gasteiger partial charge in [-0.1, -0.05) is 19.1 Å². The number of halogens is 1. The van der Waals surface area contributed by atoms with Crippen molar-refractivity contribution in [3.63, 3.8) is 0 Å². The highest BCUT2D eigenvalue weighted by Crippen LogP contribution is 2.31. The monoisotopic (exact) mass is 447 g/mol. The summed E-state index contributed by atoms with van der Waals surface area (Å²) in [7, 11) is 0. The predicted octanol–water partition coefficient (Wildman–Crippen LogP) is 3.02. The lowest BCUT2D eigenvalue weighted by molar-refractivity contribution is -0.136. The van der Waals surface area contributed by atoms with Crippen LogP contribution < -0.4 is 5.32 Å². The van der Waals surface area contributed by atoms with E-state index in [2.05, 4.69) is 5.32 Å². The summed E-state index contributed by atoms with van der Waals surface area (Å²) in [4.78, 5) is 52.4. The Bertz CT molecular complexity index is 887. The van der Waals surface area contributed by atoms with Gasteiger partial charge in [-0.25, -0.2) is 4.39 Å². The van der Waals surface area contributed by atoms with Crippen molar-refractivity contribution in [3.8, 4) is 0 Å². The van der Waals surface area contributed by atoms with Crippen molar-refractivity contribution in [1.82, 2.24) is 15.1 Å². The molecule has 2 saturated heterocycles. The highest BCUT2D eigenvalue weighted by Gasteiger charge is 2.35. The molecule has 31 heavy (non-hydrogen) atoms. The van der Waals surface area contributed by atoms with Gasteiger partial charge in [0.1, 0.15) is 5.82 Å². The first-order valence-corrected chi connectivity index (χ1v) is 11.3. The fourth-order valence-corrected chi connectivity index (χ4v) is 4.49. The molecule has 1 unspecified atom stereocenters. The Morgan fingerprint density at radius 1 is 1.26 bits per heavy atom. The van der Waals surface area contributed by atoms with Crippen LogP contribution in [0.15, 0.2) is 29.2 Å². The van der Waals surface area contributed by atoms with Crippen molar-refractivity contribution < 1.29 is 23.6 Å². The molecule has 1 atom stereocenters. The number of nitrogens with zero attached hydrogens (tertiary/aromatic N) is 2. The van der Waals surface area contributed by atoms with E-state index in [0.29, 0.717) is 31.5 Å². The maximum atomic E-state index is 13.0. The van der Waals surface area contributed by atoms with E-state index in [1.165, 1.54) is 24.3 Å². The summed E-state index contributed by atoms with van der Waals surface area (Å²) < 4.78 is 13.0. The van der Waals surface area contributed by atoms with Gasteiger partial charge in [0.2, 0.25) is 11.8 Å². The number of hydrogen-bond acceptors (Lipinski definition) is 5. The summed E-state index contributed by atoms with van der Waals surface area (Å²) in [5.74, 6) is -1.17. The molecule has 7 nitrogen and oxygen atoms in total. The van der Waals surface area contributed by atoms with E-state index >= 15 is 0 Å². The lowest BCUT2D eigenvalue weighted by Crippen LogP contribution is -2.46. The van der Waals surface area contributed by atoms with Crippen LogP contribution in [0.5, 0.6) is 0 Å². The van der Waals surface area contributed by atoms with E-state index in [4.69, 9.17) is 0 Å². The molecule has 166 valence electrons. The van der Waals surface area contributed by atoms with Crippen molar-refractivity contribution in [1.29, 1.82) is 0 Å². The third-order valence-corrected chi connectivity index (χ3v) is 6.19. The molecule has 1 N–H and O–H groups in total. The largest absolute Gasteiger partial charge is 0.354 e. The van der Waals surface area contributed by atoms with Crippen LogP contribution in [0.4, 0.5) is 9.18 Å². The molecule has 0 saturated carbocycles. The number of amides is 4. The molecule has 2 aliphatic rings. The fourth-order valence-electron chi connectivity index (χ4n) is 3.63. The highest BCUT2D eigenvalue weighted by atomic mass is 32.2. The van der Waals surface area contributed by atoms with E-state index in [1.54, 1.807) is 11.0 Å². The Morgan fingerprint density at radius 3 is 2.71 bits per heavy atom. The normalized spacial score (nSPS) is 20.5. The van der Waals surface area contributed by atoms with E-state index in [0.717, 1.165) is 29.5 Å². The van der Waals surface area contributed by atoms with Crippen LogP contribution in [0.25, 0.3) is 6.08 Å². The molecule has 1 aromatic rings. The molecule has 4 amide bonds. The Morgan fingerprint density at radius 2 is 2.00 bits per heavy atom. The summed E-state index contributed by atoms with van der Waals surface area (Å²) in [5, 5.41) is 2.39. The maximum absolute atomic E-state index is 13.0. The minimum absolute atomic E-state index is 0.0718. The first kappa shape index (κ1) is 23.0. The van der Waals surface area contributed by atoms with Gasteiger partial charge in [0, 0.05) is 32.6 Å². The molecule has 1 aromatic carbocycles. The van der Waals surface area contributed by atoms with E-state index < -0.39 is 11.1 Å². The quantitative estimate of drug-likeness (QED) is 0.650. The number of nitrogens with one attached hydrogen (secondary N) is 1. The summed E-state index contributed by atoms with van der Waals surface area (Å²) in [6.45, 7) is 3.26. The van der Waals surface area contributed by atoms with E-state index in [9.17, 15) is 23.6 Å². The molecule has 2 aliphatic heterocycles. The van der Waals surface area contributed by atoms with Crippen LogP contribution in [-0.4, -0.2) is 58.9 Å². The number of piperidine rings is 1. The second kappa shape index (κ2) is 10.6. The number of likely N-dealkylation sites (tertiary alicyclic amines) is 1. The van der Waals surface area contributed by atoms with Gasteiger partial charge in [0.05, 0.1) is 10.8 Å². The number of carbonyl (C=O) groups excluding carboxylic acids is 4. The molecular formula is C22H26FN3O4S. The number of rotatable bonds is 7. The van der Waals surface area contributed by atoms with Crippen molar-refractivity contribution in [2.24, 2.45) is 5.92 Å². The first-order valence-electron chi connectivity index (χ1n) is 10.5. The number of imide groups is 1. The smallest absolute Gasteiger partial charge is 0.293 e. The van der Waals surface area contributed by atoms with Gasteiger partial charge >= 0.3 is 0 Å². The molecule has 9 heteroatoms. The third-order valence-electron chi connectivity index (χ3n) is 5.28. The summed E-state index contributed by atoms with van der Waals surface area (Å²) in [5.41, 5.74) is 0.625. The average molecular weight is 448 g/mol. The minimum Gasteiger partial charge on any atom is -0.354 e. The molecule has 2 heterocycles. The standard InChI is InChI=1S/C22H26FN3O4S/c1-2-4-19(27)25-11-3-5-16(14-25)20(28)24-10-12-26-21(29)18(31-22(26)30)13-15-6-8-17(23)9-7-15/h6-9,13,16H,2-5,10-12,14H2,1H3,(H,24,28). The molecule has 0 radical (unpaired) electrons. The minimum atomic E-state index is -0.428. The number of carbonyl (C=O) groups is 4. The average Bonchev–Trinajstić information content (AvgIpc) is 3.02. The van der Waals surface area contributed by atoms with Crippen LogP contribution in [0.2, 0.25) is 0 Å². The second-order valence-corrected chi connectivity index (χ2v) is 8.60. The zero-order chi connectivity index (χ0) is 22.4. The molecule has 0 aromatic heterocycles. The Kier molecular flexibility index (Phi) is 7.84. The van der Waals surface area contributed by atoms with Crippen LogP contribution in [-0.2, 0) is 14.4 Å². The lowest BCUT2D eigenvalue weighted by Gasteiger charge is -2.32. The summed E-state index contributed by atoms with van der Waals surface area (Å²) in [6.07, 6.45) is 4.31. The molecule has 0 bridgehead atoms. The van der Waals surface area contributed by atoms with Gasteiger partial charge in [-0.2, -0.15) is 0 Å². The van der Waals surface area contributed by atoms with Crippen LogP contribution in [0.3, 0.4) is 0 Å². The SMILES string of the molecule is CCCC(=O)N1CCCC(C(=O)NCCN2C(=O)SC(=Cc3ccc(F)cc3)C2=O)C1. The van der Waals surface area contributed by atoms with E-state index in [-0.39, 0.29) is 41.5 Å². The predicted molar refractivity (Wildman–Crippen MR) is 116 cm³/mol. The molecule has 0 spiro atoms. The summed E-state index contributed by atoms with van der Waals surface area (Å²) in [6, 6.07) is 5.63. The topological polar surface area (TPSA) is 86.8 Å². The summed E-state index contributed by atoms with van der Waals surface area (Å²) >= 11 is 0.824. The maximum Gasteiger partial charge on any atom is 0.293 e. The van der Waals surface area contributed by atoms with Crippen LogP contribution in [0.1, 0.15) is 38.2 Å². The molecule has 3 rings (SSSR count). The van der Waals surface area contributed by atoms with Gasteiger partial charge in [0.25, 0.3) is 11.1 Å². The van der Waals surface area contributed by atoms with Crippen molar-refractivity contribution in [2.75, 3.05) is 26.2 Å².